The molecular weight excluding hydrogens is 202 g/mol. The Morgan fingerprint density at radius 1 is 1.56 bits per heavy atom. The summed E-state index contributed by atoms with van der Waals surface area (Å²) in [7, 11) is 0. The summed E-state index contributed by atoms with van der Waals surface area (Å²) in [5, 5.41) is 10.1. The van der Waals surface area contributed by atoms with Gasteiger partial charge < -0.3 is 9.73 Å². The van der Waals surface area contributed by atoms with E-state index >= 15 is 0 Å². The number of aryl methyl sites for hydroxylation is 1. The van der Waals surface area contributed by atoms with Gasteiger partial charge in [0, 0.05) is 12.1 Å². The van der Waals surface area contributed by atoms with Gasteiger partial charge in [-0.2, -0.15) is 5.10 Å². The Morgan fingerprint density at radius 2 is 2.44 bits per heavy atom. The molecule has 0 spiro atoms. The lowest BCUT2D eigenvalue weighted by Crippen LogP contribution is -2.12. The van der Waals surface area contributed by atoms with E-state index in [9.17, 15) is 0 Å². The molecule has 4 heteroatoms. The van der Waals surface area contributed by atoms with Crippen molar-refractivity contribution < 1.29 is 4.42 Å². The van der Waals surface area contributed by atoms with Gasteiger partial charge in [0.05, 0.1) is 12.7 Å². The van der Waals surface area contributed by atoms with Crippen LogP contribution in [0.3, 0.4) is 0 Å². The number of nitrogens with zero attached hydrogens (tertiary/aromatic N) is 1. The maximum absolute atomic E-state index is 5.54. The molecule has 2 aromatic rings. The highest BCUT2D eigenvalue weighted by atomic mass is 16.3. The average Bonchev–Trinajstić information content (AvgIpc) is 2.87. The second-order valence-electron chi connectivity index (χ2n) is 3.49. The first kappa shape index (κ1) is 10.5. The number of rotatable bonds is 4. The summed E-state index contributed by atoms with van der Waals surface area (Å²) in [6.07, 6.45) is 6.94. The molecule has 2 heterocycles. The second kappa shape index (κ2) is 4.69. The van der Waals surface area contributed by atoms with Crippen LogP contribution in [0.5, 0.6) is 0 Å². The van der Waals surface area contributed by atoms with Gasteiger partial charge in [0.1, 0.15) is 11.5 Å². The lowest BCUT2D eigenvalue weighted by Gasteiger charge is -2.00. The molecule has 0 unspecified atom stereocenters. The van der Waals surface area contributed by atoms with Crippen LogP contribution in [0.15, 0.2) is 22.7 Å². The Balaban J connectivity index is 2.16. The molecule has 0 bridgehead atoms. The van der Waals surface area contributed by atoms with E-state index in [1.54, 1.807) is 6.20 Å². The van der Waals surface area contributed by atoms with Crippen LogP contribution in [0.25, 0.3) is 11.5 Å². The molecule has 0 aliphatic heterocycles. The van der Waals surface area contributed by atoms with Crippen molar-refractivity contribution in [3.63, 3.8) is 0 Å². The molecular formula is C12H13N3O. The molecule has 2 aromatic heterocycles. The summed E-state index contributed by atoms with van der Waals surface area (Å²) in [6.45, 7) is 3.13. The summed E-state index contributed by atoms with van der Waals surface area (Å²) in [4.78, 5) is 0. The molecule has 0 aromatic carbocycles. The third-order valence-corrected chi connectivity index (χ3v) is 2.25. The van der Waals surface area contributed by atoms with Crippen LogP contribution in [-0.2, 0) is 6.54 Å². The van der Waals surface area contributed by atoms with Crippen LogP contribution in [0, 0.1) is 19.3 Å². The van der Waals surface area contributed by atoms with E-state index in [0.717, 1.165) is 22.8 Å². The van der Waals surface area contributed by atoms with Crippen molar-refractivity contribution in [3.8, 4) is 23.8 Å². The van der Waals surface area contributed by atoms with E-state index < -0.39 is 0 Å². The summed E-state index contributed by atoms with van der Waals surface area (Å²) in [5.74, 6) is 4.21. The van der Waals surface area contributed by atoms with Crippen LogP contribution >= 0.6 is 0 Å². The quantitative estimate of drug-likeness (QED) is 0.603. The Morgan fingerprint density at radius 3 is 3.12 bits per heavy atom. The largest absolute Gasteiger partial charge is 0.460 e. The summed E-state index contributed by atoms with van der Waals surface area (Å²) >= 11 is 0. The number of furan rings is 1. The normalized spacial score (nSPS) is 10.2. The smallest absolute Gasteiger partial charge is 0.152 e. The van der Waals surface area contributed by atoms with Crippen LogP contribution < -0.4 is 5.32 Å². The van der Waals surface area contributed by atoms with Gasteiger partial charge >= 0.3 is 0 Å². The van der Waals surface area contributed by atoms with Gasteiger partial charge in [-0.15, -0.1) is 6.42 Å². The fourth-order valence-electron chi connectivity index (χ4n) is 1.50. The van der Waals surface area contributed by atoms with Crippen LogP contribution in [0.1, 0.15) is 11.3 Å². The highest BCUT2D eigenvalue weighted by molar-refractivity contribution is 5.56. The van der Waals surface area contributed by atoms with Crippen molar-refractivity contribution in [2.45, 2.75) is 13.5 Å². The number of hydrogen-bond acceptors (Lipinski definition) is 3. The summed E-state index contributed by atoms with van der Waals surface area (Å²) in [5.41, 5.74) is 1.95. The first-order valence-corrected chi connectivity index (χ1v) is 5.04. The molecule has 16 heavy (non-hydrogen) atoms. The molecule has 4 nitrogen and oxygen atoms in total. The maximum Gasteiger partial charge on any atom is 0.152 e. The Kier molecular flexibility index (Phi) is 3.08. The van der Waals surface area contributed by atoms with Gasteiger partial charge in [0.25, 0.3) is 0 Å². The zero-order valence-electron chi connectivity index (χ0n) is 9.08. The Bertz CT molecular complexity index is 504. The Hall–Kier alpha value is -1.99. The Labute approximate surface area is 94.1 Å². The summed E-state index contributed by atoms with van der Waals surface area (Å²) in [6, 6.07) is 3.85. The van der Waals surface area contributed by atoms with Crippen molar-refractivity contribution in [2.75, 3.05) is 6.54 Å². The standard InChI is InChI=1S/C12H13N3O/c1-3-6-13-7-10-8-14-15-12(10)11-5-4-9(2)16-11/h1,4-5,8,13H,6-7H2,2H3,(H,14,15). The zero-order valence-corrected chi connectivity index (χ0v) is 9.08. The van der Waals surface area contributed by atoms with Crippen molar-refractivity contribution >= 4 is 0 Å². The minimum atomic E-state index is 0.543. The van der Waals surface area contributed by atoms with E-state index in [4.69, 9.17) is 10.8 Å². The molecule has 0 aliphatic carbocycles. The van der Waals surface area contributed by atoms with E-state index in [1.807, 2.05) is 19.1 Å². The van der Waals surface area contributed by atoms with Gasteiger partial charge in [-0.25, -0.2) is 0 Å². The van der Waals surface area contributed by atoms with Crippen molar-refractivity contribution in [1.29, 1.82) is 0 Å². The van der Waals surface area contributed by atoms with Gasteiger partial charge in [0.2, 0.25) is 0 Å². The van der Waals surface area contributed by atoms with Crippen LogP contribution in [0.2, 0.25) is 0 Å². The van der Waals surface area contributed by atoms with Crippen LogP contribution in [-0.4, -0.2) is 16.7 Å². The van der Waals surface area contributed by atoms with Gasteiger partial charge in [-0.3, -0.25) is 5.10 Å². The predicted molar refractivity (Wildman–Crippen MR) is 61.6 cm³/mol. The van der Waals surface area contributed by atoms with Gasteiger partial charge in [0.15, 0.2) is 5.76 Å². The van der Waals surface area contributed by atoms with E-state index in [-0.39, 0.29) is 0 Å². The van der Waals surface area contributed by atoms with Crippen molar-refractivity contribution in [2.24, 2.45) is 0 Å². The first-order chi connectivity index (χ1) is 7.81. The molecule has 0 radical (unpaired) electrons. The average molecular weight is 215 g/mol. The van der Waals surface area contributed by atoms with E-state index in [2.05, 4.69) is 21.4 Å². The fourth-order valence-corrected chi connectivity index (χ4v) is 1.50. The summed E-state index contributed by atoms with van der Waals surface area (Å²) < 4.78 is 5.54. The zero-order chi connectivity index (χ0) is 11.4. The number of terminal acetylenes is 1. The predicted octanol–water partition coefficient (Wildman–Crippen LogP) is 1.70. The number of aromatic nitrogens is 2. The third kappa shape index (κ3) is 2.15. The molecule has 0 aliphatic rings. The number of nitrogens with one attached hydrogen (secondary N) is 2. The van der Waals surface area contributed by atoms with Crippen molar-refractivity contribution in [1.82, 2.24) is 15.5 Å². The first-order valence-electron chi connectivity index (χ1n) is 5.04. The molecule has 82 valence electrons. The number of aromatic amines is 1. The van der Waals surface area contributed by atoms with Crippen molar-refractivity contribution in [3.05, 3.63) is 29.7 Å². The van der Waals surface area contributed by atoms with Gasteiger partial charge in [-0.1, -0.05) is 5.92 Å². The molecule has 2 rings (SSSR count). The molecule has 0 amide bonds. The van der Waals surface area contributed by atoms with E-state index in [1.165, 1.54) is 0 Å². The minimum absolute atomic E-state index is 0.543. The topological polar surface area (TPSA) is 53.9 Å². The molecule has 0 saturated heterocycles. The van der Waals surface area contributed by atoms with Crippen LogP contribution in [0.4, 0.5) is 0 Å². The lowest BCUT2D eigenvalue weighted by atomic mass is 10.2. The monoisotopic (exact) mass is 215 g/mol. The molecule has 0 saturated carbocycles. The molecule has 0 atom stereocenters. The highest BCUT2D eigenvalue weighted by Crippen LogP contribution is 2.22. The fraction of sp³-hybridized carbons (Fsp3) is 0.250. The number of hydrogen-bond donors (Lipinski definition) is 2. The molecule has 2 N–H and O–H groups in total. The molecule has 0 fully saturated rings. The minimum Gasteiger partial charge on any atom is -0.460 e. The third-order valence-electron chi connectivity index (χ3n) is 2.25. The SMILES string of the molecule is C#CCNCc1cn[nH]c1-c1ccc(C)o1. The van der Waals surface area contributed by atoms with Gasteiger partial charge in [-0.05, 0) is 19.1 Å². The highest BCUT2D eigenvalue weighted by Gasteiger charge is 2.10. The number of H-pyrrole nitrogens is 1. The second-order valence-corrected chi connectivity index (χ2v) is 3.49. The maximum atomic E-state index is 5.54. The lowest BCUT2D eigenvalue weighted by molar-refractivity contribution is 0.545. The van der Waals surface area contributed by atoms with E-state index in [0.29, 0.717) is 13.1 Å².